The number of hydrogen-bond acceptors (Lipinski definition) is 5. The molecule has 0 amide bonds. The molecular weight excluding hydrogens is 420 g/mol. The fourth-order valence-electron chi connectivity index (χ4n) is 3.84. The van der Waals surface area contributed by atoms with Crippen molar-refractivity contribution in [3.8, 4) is 6.07 Å². The fraction of sp³-hybridized carbons (Fsp3) is 0.273. The average molecular weight is 441 g/mol. The molecule has 4 rings (SSSR count). The summed E-state index contributed by atoms with van der Waals surface area (Å²) in [5, 5.41) is 14.2. The lowest BCUT2D eigenvalue weighted by atomic mass is 9.91. The second-order valence-corrected chi connectivity index (χ2v) is 9.62. The molecule has 0 unspecified atom stereocenters. The Bertz CT molecular complexity index is 1220. The molecule has 6 nitrogen and oxygen atoms in total. The highest BCUT2D eigenvalue weighted by atomic mass is 35.5. The maximum Gasteiger partial charge on any atom is 0.240 e. The summed E-state index contributed by atoms with van der Waals surface area (Å²) in [4.78, 5) is 4.50. The van der Waals surface area contributed by atoms with Crippen molar-refractivity contribution in [1.29, 1.82) is 5.26 Å². The minimum atomic E-state index is -3.64. The Balaban J connectivity index is 1.39. The van der Waals surface area contributed by atoms with E-state index in [9.17, 15) is 8.42 Å². The van der Waals surface area contributed by atoms with Crippen molar-refractivity contribution in [2.45, 2.75) is 42.7 Å². The van der Waals surface area contributed by atoms with Crippen LogP contribution in [0.5, 0.6) is 0 Å². The number of sulfonamides is 1. The van der Waals surface area contributed by atoms with E-state index in [1.54, 1.807) is 18.3 Å². The highest BCUT2D eigenvalue weighted by Crippen LogP contribution is 2.28. The number of fused-ring (bicyclic) bond motifs is 1. The number of benzene rings is 2. The second-order valence-electron chi connectivity index (χ2n) is 7.47. The molecule has 1 heterocycles. The number of halogens is 1. The summed E-state index contributed by atoms with van der Waals surface area (Å²) in [6.45, 7) is 0. The zero-order valence-electron chi connectivity index (χ0n) is 16.2. The first-order valence-corrected chi connectivity index (χ1v) is 11.6. The van der Waals surface area contributed by atoms with Gasteiger partial charge in [0.25, 0.3) is 0 Å². The van der Waals surface area contributed by atoms with E-state index in [-0.39, 0.29) is 17.0 Å². The Morgan fingerprint density at radius 1 is 1.03 bits per heavy atom. The molecule has 2 N–H and O–H groups in total. The van der Waals surface area contributed by atoms with E-state index in [1.807, 2.05) is 30.3 Å². The lowest BCUT2D eigenvalue weighted by Crippen LogP contribution is -2.40. The fourth-order valence-corrected chi connectivity index (χ4v) is 5.36. The third-order valence-corrected chi connectivity index (χ3v) is 7.14. The van der Waals surface area contributed by atoms with Crippen molar-refractivity contribution in [3.63, 3.8) is 0 Å². The predicted molar refractivity (Wildman–Crippen MR) is 118 cm³/mol. The predicted octanol–water partition coefficient (Wildman–Crippen LogP) is 4.46. The van der Waals surface area contributed by atoms with Crippen molar-refractivity contribution in [2.75, 3.05) is 5.32 Å². The van der Waals surface area contributed by atoms with Gasteiger partial charge in [0.05, 0.1) is 22.0 Å². The maximum atomic E-state index is 12.7. The van der Waals surface area contributed by atoms with Gasteiger partial charge in [-0.25, -0.2) is 13.1 Å². The SMILES string of the molecule is N#Cc1cccc(S(=O)(=O)NC2CCC(Nc3ccnc4cc(Cl)ccc34)CC2)c1. The van der Waals surface area contributed by atoms with Crippen LogP contribution in [-0.2, 0) is 10.0 Å². The number of nitrogens with zero attached hydrogens (tertiary/aromatic N) is 2. The lowest BCUT2D eigenvalue weighted by molar-refractivity contribution is 0.387. The van der Waals surface area contributed by atoms with Crippen LogP contribution in [0.25, 0.3) is 10.9 Å². The molecule has 0 bridgehead atoms. The molecule has 154 valence electrons. The normalized spacial score (nSPS) is 19.3. The van der Waals surface area contributed by atoms with Gasteiger partial charge in [-0.05, 0) is 68.1 Å². The number of anilines is 1. The van der Waals surface area contributed by atoms with E-state index >= 15 is 0 Å². The maximum absolute atomic E-state index is 12.7. The molecule has 30 heavy (non-hydrogen) atoms. The molecule has 2 aromatic carbocycles. The molecule has 1 aliphatic carbocycles. The Kier molecular flexibility index (Phi) is 5.91. The highest BCUT2D eigenvalue weighted by Gasteiger charge is 2.26. The summed E-state index contributed by atoms with van der Waals surface area (Å²) >= 11 is 6.06. The molecule has 1 saturated carbocycles. The summed E-state index contributed by atoms with van der Waals surface area (Å²) in [6.07, 6.45) is 4.94. The smallest absolute Gasteiger partial charge is 0.240 e. The van der Waals surface area contributed by atoms with Crippen molar-refractivity contribution in [3.05, 3.63) is 65.3 Å². The van der Waals surface area contributed by atoms with Gasteiger partial charge < -0.3 is 5.32 Å². The molecular formula is C22H21ClN4O2S. The Hall–Kier alpha value is -2.66. The summed E-state index contributed by atoms with van der Waals surface area (Å²) in [7, 11) is -3.64. The number of aromatic nitrogens is 1. The van der Waals surface area contributed by atoms with E-state index < -0.39 is 10.0 Å². The summed E-state index contributed by atoms with van der Waals surface area (Å²) in [6, 6.07) is 15.8. The van der Waals surface area contributed by atoms with E-state index in [4.69, 9.17) is 16.9 Å². The van der Waals surface area contributed by atoms with Gasteiger partial charge in [0.2, 0.25) is 10.0 Å². The number of pyridine rings is 1. The first-order chi connectivity index (χ1) is 14.4. The van der Waals surface area contributed by atoms with Crippen LogP contribution in [0.15, 0.2) is 59.6 Å². The van der Waals surface area contributed by atoms with Gasteiger partial charge >= 0.3 is 0 Å². The zero-order valence-corrected chi connectivity index (χ0v) is 17.7. The van der Waals surface area contributed by atoms with E-state index in [0.717, 1.165) is 42.3 Å². The quantitative estimate of drug-likeness (QED) is 0.610. The van der Waals surface area contributed by atoms with Crippen LogP contribution in [0.3, 0.4) is 0 Å². The van der Waals surface area contributed by atoms with Crippen molar-refractivity contribution in [2.24, 2.45) is 0 Å². The summed E-state index contributed by atoms with van der Waals surface area (Å²) < 4.78 is 28.1. The Morgan fingerprint density at radius 3 is 2.57 bits per heavy atom. The van der Waals surface area contributed by atoms with Crippen molar-refractivity contribution >= 4 is 38.2 Å². The van der Waals surface area contributed by atoms with Crippen LogP contribution in [-0.4, -0.2) is 25.5 Å². The van der Waals surface area contributed by atoms with Gasteiger partial charge in [0.15, 0.2) is 0 Å². The van der Waals surface area contributed by atoms with Crippen LogP contribution < -0.4 is 10.0 Å². The lowest BCUT2D eigenvalue weighted by Gasteiger charge is -2.30. The minimum Gasteiger partial charge on any atom is -0.382 e. The molecule has 0 aliphatic heterocycles. The van der Waals surface area contributed by atoms with Crippen LogP contribution in [0.1, 0.15) is 31.2 Å². The largest absolute Gasteiger partial charge is 0.382 e. The zero-order chi connectivity index (χ0) is 21.1. The number of rotatable bonds is 5. The van der Waals surface area contributed by atoms with Crippen molar-refractivity contribution in [1.82, 2.24) is 9.71 Å². The topological polar surface area (TPSA) is 94.9 Å². The molecule has 0 atom stereocenters. The molecule has 1 fully saturated rings. The number of nitrogens with one attached hydrogen (secondary N) is 2. The molecule has 0 saturated heterocycles. The second kappa shape index (κ2) is 8.60. The minimum absolute atomic E-state index is 0.119. The third-order valence-electron chi connectivity index (χ3n) is 5.39. The van der Waals surface area contributed by atoms with Gasteiger partial charge in [-0.15, -0.1) is 0 Å². The van der Waals surface area contributed by atoms with Crippen LogP contribution in [0, 0.1) is 11.3 Å². The summed E-state index contributed by atoms with van der Waals surface area (Å²) in [5.41, 5.74) is 2.18. The van der Waals surface area contributed by atoms with Gasteiger partial charge in [-0.1, -0.05) is 17.7 Å². The van der Waals surface area contributed by atoms with Gasteiger partial charge in [-0.2, -0.15) is 5.26 Å². The van der Waals surface area contributed by atoms with E-state index in [2.05, 4.69) is 15.0 Å². The number of nitriles is 1. The number of hydrogen-bond donors (Lipinski definition) is 2. The third kappa shape index (κ3) is 4.57. The Morgan fingerprint density at radius 2 is 1.80 bits per heavy atom. The molecule has 1 aromatic heterocycles. The summed E-state index contributed by atoms with van der Waals surface area (Å²) in [5.74, 6) is 0. The molecule has 3 aromatic rings. The highest BCUT2D eigenvalue weighted by molar-refractivity contribution is 7.89. The van der Waals surface area contributed by atoms with E-state index in [0.29, 0.717) is 10.6 Å². The van der Waals surface area contributed by atoms with Crippen LogP contribution in [0.2, 0.25) is 5.02 Å². The monoisotopic (exact) mass is 440 g/mol. The van der Waals surface area contributed by atoms with Gasteiger partial charge in [0, 0.05) is 34.4 Å². The molecule has 8 heteroatoms. The van der Waals surface area contributed by atoms with E-state index in [1.165, 1.54) is 12.1 Å². The van der Waals surface area contributed by atoms with Gasteiger partial charge in [-0.3, -0.25) is 4.98 Å². The Labute approximate surface area is 180 Å². The standard InChI is InChI=1S/C22H21ClN4O2S/c23-16-4-9-20-21(10-11-25-22(20)13-16)26-17-5-7-18(8-6-17)27-30(28,29)19-3-1-2-15(12-19)14-24/h1-4,9-13,17-18,27H,5-8H2,(H,25,26). The van der Waals surface area contributed by atoms with Crippen molar-refractivity contribution < 1.29 is 8.42 Å². The molecule has 1 aliphatic rings. The van der Waals surface area contributed by atoms with Gasteiger partial charge in [0.1, 0.15) is 0 Å². The average Bonchev–Trinajstić information content (AvgIpc) is 2.75. The molecule has 0 spiro atoms. The molecule has 0 radical (unpaired) electrons. The van der Waals surface area contributed by atoms with Crippen LogP contribution in [0.4, 0.5) is 5.69 Å². The first-order valence-electron chi connectivity index (χ1n) is 9.78. The van der Waals surface area contributed by atoms with Crippen LogP contribution >= 0.6 is 11.6 Å². The first kappa shape index (κ1) is 20.6.